The van der Waals surface area contributed by atoms with Crippen LogP contribution in [-0.2, 0) is 6.42 Å². The number of aliphatic hydroxyl groups excluding tert-OH is 1. The Morgan fingerprint density at radius 1 is 1.05 bits per heavy atom. The Bertz CT molecular complexity index is 590. The van der Waals surface area contributed by atoms with Gasteiger partial charge in [-0.2, -0.15) is 0 Å². The average Bonchev–Trinajstić information content (AvgIpc) is 2.46. The fourth-order valence-corrected chi connectivity index (χ4v) is 3.54. The van der Waals surface area contributed by atoms with Crippen LogP contribution in [0.5, 0.6) is 0 Å². The summed E-state index contributed by atoms with van der Waals surface area (Å²) in [7, 11) is 0. The van der Waals surface area contributed by atoms with Crippen LogP contribution in [0.3, 0.4) is 0 Å². The standard InChI is InChI=1S/C18H20BrNO/c19-18-4-2-1-3-17(18)14-11-16(12-14)20-15-7-5-13(6-8-15)9-10-21/h1-8,14,16,20-21H,9-12H2. The third kappa shape index (κ3) is 3.47. The van der Waals surface area contributed by atoms with Crippen LogP contribution in [0.15, 0.2) is 53.0 Å². The molecule has 2 N–H and O–H groups in total. The van der Waals surface area contributed by atoms with Gasteiger partial charge in [-0.3, -0.25) is 0 Å². The highest BCUT2D eigenvalue weighted by molar-refractivity contribution is 9.10. The van der Waals surface area contributed by atoms with E-state index in [1.54, 1.807) is 0 Å². The first-order valence-electron chi connectivity index (χ1n) is 7.47. The zero-order chi connectivity index (χ0) is 14.7. The van der Waals surface area contributed by atoms with Crippen molar-refractivity contribution in [2.24, 2.45) is 0 Å². The SMILES string of the molecule is OCCc1ccc(NC2CC(c3ccccc3Br)C2)cc1. The van der Waals surface area contributed by atoms with E-state index >= 15 is 0 Å². The van der Waals surface area contributed by atoms with Crippen LogP contribution in [0.1, 0.15) is 29.9 Å². The summed E-state index contributed by atoms with van der Waals surface area (Å²) in [6, 6.07) is 17.5. The maximum absolute atomic E-state index is 8.92. The number of hydrogen-bond donors (Lipinski definition) is 2. The quantitative estimate of drug-likeness (QED) is 0.844. The lowest BCUT2D eigenvalue weighted by molar-refractivity contribution is 0.299. The highest BCUT2D eigenvalue weighted by Gasteiger charge is 2.31. The Labute approximate surface area is 134 Å². The lowest BCUT2D eigenvalue weighted by Gasteiger charge is -2.37. The zero-order valence-corrected chi connectivity index (χ0v) is 13.5. The molecule has 1 aliphatic carbocycles. The van der Waals surface area contributed by atoms with Gasteiger partial charge in [0.25, 0.3) is 0 Å². The van der Waals surface area contributed by atoms with Gasteiger partial charge in [-0.1, -0.05) is 46.3 Å². The molecule has 0 unspecified atom stereocenters. The van der Waals surface area contributed by atoms with Gasteiger partial charge in [0.15, 0.2) is 0 Å². The molecule has 2 aromatic rings. The van der Waals surface area contributed by atoms with E-state index in [4.69, 9.17) is 5.11 Å². The number of nitrogens with one attached hydrogen (secondary N) is 1. The van der Waals surface area contributed by atoms with Crippen molar-refractivity contribution < 1.29 is 5.11 Å². The molecule has 0 heterocycles. The molecule has 1 aliphatic rings. The molecule has 0 saturated heterocycles. The molecule has 1 fully saturated rings. The normalized spacial score (nSPS) is 20.9. The van der Waals surface area contributed by atoms with E-state index in [0.29, 0.717) is 12.0 Å². The monoisotopic (exact) mass is 345 g/mol. The first-order valence-corrected chi connectivity index (χ1v) is 8.26. The van der Waals surface area contributed by atoms with Crippen molar-refractivity contribution in [2.45, 2.75) is 31.2 Å². The average molecular weight is 346 g/mol. The van der Waals surface area contributed by atoms with Crippen LogP contribution >= 0.6 is 15.9 Å². The Kier molecular flexibility index (Phi) is 4.61. The summed E-state index contributed by atoms with van der Waals surface area (Å²) in [5.74, 6) is 0.659. The molecule has 0 aliphatic heterocycles. The Morgan fingerprint density at radius 2 is 1.76 bits per heavy atom. The van der Waals surface area contributed by atoms with Crippen LogP contribution < -0.4 is 5.32 Å². The minimum Gasteiger partial charge on any atom is -0.396 e. The van der Waals surface area contributed by atoms with Crippen molar-refractivity contribution in [1.29, 1.82) is 0 Å². The highest BCUT2D eigenvalue weighted by Crippen LogP contribution is 2.41. The maximum atomic E-state index is 8.92. The lowest BCUT2D eigenvalue weighted by atomic mass is 9.76. The minimum atomic E-state index is 0.211. The largest absolute Gasteiger partial charge is 0.396 e. The van der Waals surface area contributed by atoms with Gasteiger partial charge in [0.1, 0.15) is 0 Å². The molecule has 110 valence electrons. The van der Waals surface area contributed by atoms with Crippen LogP contribution in [0.25, 0.3) is 0 Å². The van der Waals surface area contributed by atoms with Crippen LogP contribution in [0.2, 0.25) is 0 Å². The molecule has 3 rings (SSSR count). The highest BCUT2D eigenvalue weighted by atomic mass is 79.9. The molecule has 1 saturated carbocycles. The molecule has 3 heteroatoms. The van der Waals surface area contributed by atoms with Gasteiger partial charge in [0.2, 0.25) is 0 Å². The molecule has 0 spiro atoms. The Balaban J connectivity index is 1.54. The number of benzene rings is 2. The second-order valence-corrected chi connectivity index (χ2v) is 6.56. The van der Waals surface area contributed by atoms with E-state index in [0.717, 1.165) is 6.42 Å². The molecular weight excluding hydrogens is 326 g/mol. The summed E-state index contributed by atoms with van der Waals surface area (Å²) in [4.78, 5) is 0. The summed E-state index contributed by atoms with van der Waals surface area (Å²) in [6.45, 7) is 0.211. The van der Waals surface area contributed by atoms with Gasteiger partial charge in [-0.25, -0.2) is 0 Å². The van der Waals surface area contributed by atoms with Crippen molar-refractivity contribution in [3.63, 3.8) is 0 Å². The first-order chi connectivity index (χ1) is 10.3. The number of halogens is 1. The fraction of sp³-hybridized carbons (Fsp3) is 0.333. The Morgan fingerprint density at radius 3 is 2.43 bits per heavy atom. The third-order valence-electron chi connectivity index (χ3n) is 4.21. The van der Waals surface area contributed by atoms with Crippen LogP contribution in [-0.4, -0.2) is 17.8 Å². The van der Waals surface area contributed by atoms with E-state index in [-0.39, 0.29) is 6.61 Å². The molecule has 0 amide bonds. The predicted octanol–water partition coefficient (Wildman–Crippen LogP) is 4.34. The first kappa shape index (κ1) is 14.6. The number of aliphatic hydroxyl groups is 1. The van der Waals surface area contributed by atoms with E-state index in [1.807, 2.05) is 0 Å². The third-order valence-corrected chi connectivity index (χ3v) is 4.93. The molecular formula is C18H20BrNO. The van der Waals surface area contributed by atoms with Gasteiger partial charge in [0, 0.05) is 22.8 Å². The Hall–Kier alpha value is -1.32. The molecule has 0 atom stereocenters. The van der Waals surface area contributed by atoms with Crippen molar-refractivity contribution in [3.8, 4) is 0 Å². The van der Waals surface area contributed by atoms with Gasteiger partial charge < -0.3 is 10.4 Å². The second kappa shape index (κ2) is 6.63. The smallest absolute Gasteiger partial charge is 0.0471 e. The number of rotatable bonds is 5. The van der Waals surface area contributed by atoms with Gasteiger partial charge in [-0.05, 0) is 54.5 Å². The maximum Gasteiger partial charge on any atom is 0.0471 e. The predicted molar refractivity (Wildman–Crippen MR) is 90.8 cm³/mol. The van der Waals surface area contributed by atoms with Gasteiger partial charge >= 0.3 is 0 Å². The molecule has 0 aromatic heterocycles. The summed E-state index contributed by atoms with van der Waals surface area (Å²) < 4.78 is 1.22. The van der Waals surface area contributed by atoms with Crippen molar-refractivity contribution in [1.82, 2.24) is 0 Å². The molecule has 2 aromatic carbocycles. The van der Waals surface area contributed by atoms with Crippen LogP contribution in [0, 0.1) is 0 Å². The van der Waals surface area contributed by atoms with Crippen molar-refractivity contribution >= 4 is 21.6 Å². The van der Waals surface area contributed by atoms with Crippen molar-refractivity contribution in [3.05, 3.63) is 64.1 Å². The van der Waals surface area contributed by atoms with E-state index in [1.165, 1.54) is 34.1 Å². The number of hydrogen-bond acceptors (Lipinski definition) is 2. The van der Waals surface area contributed by atoms with Gasteiger partial charge in [0.05, 0.1) is 0 Å². The van der Waals surface area contributed by atoms with E-state index < -0.39 is 0 Å². The number of anilines is 1. The minimum absolute atomic E-state index is 0.211. The lowest BCUT2D eigenvalue weighted by Crippen LogP contribution is -2.34. The van der Waals surface area contributed by atoms with Crippen LogP contribution in [0.4, 0.5) is 5.69 Å². The summed E-state index contributed by atoms with van der Waals surface area (Å²) in [5, 5.41) is 12.5. The summed E-state index contributed by atoms with van der Waals surface area (Å²) in [6.07, 6.45) is 3.09. The fourth-order valence-electron chi connectivity index (χ4n) is 2.93. The second-order valence-electron chi connectivity index (χ2n) is 5.70. The zero-order valence-electron chi connectivity index (χ0n) is 11.9. The summed E-state index contributed by atoms with van der Waals surface area (Å²) in [5.41, 5.74) is 3.78. The molecule has 2 nitrogen and oxygen atoms in total. The summed E-state index contributed by atoms with van der Waals surface area (Å²) >= 11 is 3.64. The molecule has 0 radical (unpaired) electrons. The van der Waals surface area contributed by atoms with Crippen molar-refractivity contribution in [2.75, 3.05) is 11.9 Å². The van der Waals surface area contributed by atoms with E-state index in [9.17, 15) is 0 Å². The van der Waals surface area contributed by atoms with Gasteiger partial charge in [-0.15, -0.1) is 0 Å². The molecule has 21 heavy (non-hydrogen) atoms. The van der Waals surface area contributed by atoms with E-state index in [2.05, 4.69) is 69.8 Å². The topological polar surface area (TPSA) is 32.3 Å². The molecule has 0 bridgehead atoms.